The molecule has 0 spiro atoms. The Kier molecular flexibility index (Phi) is 4.17. The molecule has 1 saturated carbocycles. The maximum absolute atomic E-state index is 12.0. The number of amides is 1. The van der Waals surface area contributed by atoms with Crippen LogP contribution in [0.25, 0.3) is 0 Å². The van der Waals surface area contributed by atoms with Gasteiger partial charge in [-0.2, -0.15) is 0 Å². The fourth-order valence-corrected chi connectivity index (χ4v) is 2.74. The number of nitrogens with one attached hydrogen (secondary N) is 1. The van der Waals surface area contributed by atoms with Crippen molar-refractivity contribution in [2.45, 2.75) is 65.0 Å². The molecule has 0 aromatic heterocycles. The Balaban J connectivity index is 2.86. The van der Waals surface area contributed by atoms with E-state index in [9.17, 15) is 9.59 Å². The number of alkyl carbamates (subject to hydrolysis) is 1. The summed E-state index contributed by atoms with van der Waals surface area (Å²) in [4.78, 5) is 24.0. The second-order valence-electron chi connectivity index (χ2n) is 6.19. The molecular formula is C14H25NO4. The molecule has 1 fully saturated rings. The van der Waals surface area contributed by atoms with Crippen LogP contribution in [0.15, 0.2) is 0 Å². The molecule has 0 aromatic rings. The lowest BCUT2D eigenvalue weighted by Crippen LogP contribution is -2.49. The lowest BCUT2D eigenvalue weighted by Gasteiger charge is -2.26. The Morgan fingerprint density at radius 2 is 1.74 bits per heavy atom. The molecule has 0 saturated heterocycles. The van der Waals surface area contributed by atoms with Gasteiger partial charge in [-0.15, -0.1) is 0 Å². The van der Waals surface area contributed by atoms with Gasteiger partial charge in [-0.05, 0) is 40.0 Å². The highest BCUT2D eigenvalue weighted by atomic mass is 16.6. The minimum atomic E-state index is -0.923. The maximum Gasteiger partial charge on any atom is 0.408 e. The molecule has 110 valence electrons. The number of methoxy groups -OCH3 is 1. The van der Waals surface area contributed by atoms with Gasteiger partial charge in [0, 0.05) is 5.41 Å². The second kappa shape index (κ2) is 5.02. The van der Waals surface area contributed by atoms with E-state index in [-0.39, 0.29) is 11.4 Å². The molecule has 0 radical (unpaired) electrons. The predicted molar refractivity (Wildman–Crippen MR) is 71.7 cm³/mol. The van der Waals surface area contributed by atoms with E-state index in [1.807, 2.05) is 13.8 Å². The quantitative estimate of drug-likeness (QED) is 0.798. The van der Waals surface area contributed by atoms with Crippen molar-refractivity contribution in [1.29, 1.82) is 0 Å². The summed E-state index contributed by atoms with van der Waals surface area (Å²) in [5.41, 5.74) is -1.72. The molecule has 1 aliphatic rings. The molecule has 1 atom stereocenters. The van der Waals surface area contributed by atoms with Crippen molar-refractivity contribution in [3.05, 3.63) is 0 Å². The maximum atomic E-state index is 12.0. The topological polar surface area (TPSA) is 64.6 Å². The van der Waals surface area contributed by atoms with E-state index < -0.39 is 17.2 Å². The number of hydrogen-bond acceptors (Lipinski definition) is 4. The number of ether oxygens (including phenoxy) is 2. The van der Waals surface area contributed by atoms with Crippen LogP contribution in [0.5, 0.6) is 0 Å². The van der Waals surface area contributed by atoms with Crippen molar-refractivity contribution >= 4 is 12.1 Å². The lowest BCUT2D eigenvalue weighted by atomic mass is 9.93. The van der Waals surface area contributed by atoms with E-state index in [2.05, 4.69) is 5.32 Å². The highest BCUT2D eigenvalue weighted by molar-refractivity contribution is 5.90. The van der Waals surface area contributed by atoms with Gasteiger partial charge >= 0.3 is 12.1 Å². The zero-order valence-electron chi connectivity index (χ0n) is 12.8. The van der Waals surface area contributed by atoms with Crippen molar-refractivity contribution in [2.24, 2.45) is 5.41 Å². The van der Waals surface area contributed by atoms with Gasteiger partial charge in [0.25, 0.3) is 0 Å². The molecule has 1 aliphatic carbocycles. The number of carbonyl (C=O) groups excluding carboxylic acids is 2. The van der Waals surface area contributed by atoms with Crippen molar-refractivity contribution in [3.63, 3.8) is 0 Å². The minimum Gasteiger partial charge on any atom is -0.467 e. The van der Waals surface area contributed by atoms with Crippen molar-refractivity contribution in [3.8, 4) is 0 Å². The Hall–Kier alpha value is -1.26. The summed E-state index contributed by atoms with van der Waals surface area (Å²) in [6.07, 6.45) is 1.67. The van der Waals surface area contributed by atoms with Crippen molar-refractivity contribution < 1.29 is 19.1 Å². The third-order valence-electron chi connectivity index (χ3n) is 3.99. The van der Waals surface area contributed by atoms with Crippen LogP contribution < -0.4 is 5.32 Å². The van der Waals surface area contributed by atoms with Crippen molar-refractivity contribution in [2.75, 3.05) is 7.11 Å². The van der Waals surface area contributed by atoms with E-state index in [0.717, 1.165) is 12.8 Å². The third-order valence-corrected chi connectivity index (χ3v) is 3.99. The summed E-state index contributed by atoms with van der Waals surface area (Å²) in [5.74, 6) is -0.387. The zero-order chi connectivity index (χ0) is 14.9. The fraction of sp³-hybridized carbons (Fsp3) is 0.857. The predicted octanol–water partition coefficient (Wildman–Crippen LogP) is 2.63. The van der Waals surface area contributed by atoms with Gasteiger partial charge in [-0.3, -0.25) is 0 Å². The standard InChI is InChI=1S/C14H25NO4/c1-7-13(8-2)9-14(13,10(16)18-6)15-11(17)19-12(3,4)5/h7-9H2,1-6H3,(H,15,17)/t14-/m1/s1. The first-order valence-electron chi connectivity index (χ1n) is 6.76. The molecule has 1 N–H and O–H groups in total. The van der Waals surface area contributed by atoms with Gasteiger partial charge in [0.2, 0.25) is 0 Å². The first-order chi connectivity index (χ1) is 8.66. The van der Waals surface area contributed by atoms with Crippen LogP contribution in [-0.2, 0) is 14.3 Å². The molecule has 0 aromatic carbocycles. The van der Waals surface area contributed by atoms with Gasteiger partial charge in [-0.1, -0.05) is 13.8 Å². The molecule has 1 amide bonds. The number of rotatable bonds is 4. The first-order valence-corrected chi connectivity index (χ1v) is 6.76. The molecule has 5 heteroatoms. The summed E-state index contributed by atoms with van der Waals surface area (Å²) >= 11 is 0. The zero-order valence-corrected chi connectivity index (χ0v) is 12.8. The smallest absolute Gasteiger partial charge is 0.408 e. The van der Waals surface area contributed by atoms with E-state index in [4.69, 9.17) is 9.47 Å². The molecule has 0 heterocycles. The molecule has 19 heavy (non-hydrogen) atoms. The molecule has 5 nitrogen and oxygen atoms in total. The molecule has 0 unspecified atom stereocenters. The van der Waals surface area contributed by atoms with Gasteiger partial charge in [-0.25, -0.2) is 9.59 Å². The summed E-state index contributed by atoms with van der Waals surface area (Å²) in [6.45, 7) is 9.40. The van der Waals surface area contributed by atoms with E-state index in [1.54, 1.807) is 20.8 Å². The monoisotopic (exact) mass is 271 g/mol. The summed E-state index contributed by atoms with van der Waals surface area (Å²) in [6, 6.07) is 0. The molecule has 0 bridgehead atoms. The summed E-state index contributed by atoms with van der Waals surface area (Å²) in [7, 11) is 1.34. The van der Waals surface area contributed by atoms with Crippen LogP contribution in [0.2, 0.25) is 0 Å². The van der Waals surface area contributed by atoms with E-state index in [0.29, 0.717) is 6.42 Å². The van der Waals surface area contributed by atoms with Gasteiger partial charge in [0.05, 0.1) is 7.11 Å². The van der Waals surface area contributed by atoms with Gasteiger partial charge in [0.1, 0.15) is 11.1 Å². The average Bonchev–Trinajstić information content (AvgIpc) is 2.95. The molecule has 0 aliphatic heterocycles. The Morgan fingerprint density at radius 1 is 1.21 bits per heavy atom. The van der Waals surface area contributed by atoms with Crippen LogP contribution in [-0.4, -0.2) is 30.3 Å². The number of hydrogen-bond donors (Lipinski definition) is 1. The van der Waals surface area contributed by atoms with Crippen LogP contribution in [0, 0.1) is 5.41 Å². The largest absolute Gasteiger partial charge is 0.467 e. The Labute approximate surface area is 115 Å². The number of carbonyl (C=O) groups is 2. The molecular weight excluding hydrogens is 246 g/mol. The van der Waals surface area contributed by atoms with E-state index >= 15 is 0 Å². The Morgan fingerprint density at radius 3 is 2.05 bits per heavy atom. The number of esters is 1. The summed E-state index contributed by atoms with van der Waals surface area (Å²) < 4.78 is 10.1. The highest BCUT2D eigenvalue weighted by Crippen LogP contribution is 2.61. The van der Waals surface area contributed by atoms with Crippen LogP contribution in [0.3, 0.4) is 0 Å². The van der Waals surface area contributed by atoms with Gasteiger partial charge < -0.3 is 14.8 Å². The van der Waals surface area contributed by atoms with E-state index in [1.165, 1.54) is 7.11 Å². The van der Waals surface area contributed by atoms with Crippen LogP contribution >= 0.6 is 0 Å². The first kappa shape index (κ1) is 15.8. The minimum absolute atomic E-state index is 0.211. The van der Waals surface area contributed by atoms with Crippen LogP contribution in [0.4, 0.5) is 4.79 Å². The highest BCUT2D eigenvalue weighted by Gasteiger charge is 2.72. The molecule has 1 rings (SSSR count). The summed E-state index contributed by atoms with van der Waals surface area (Å²) in [5, 5.41) is 2.73. The third kappa shape index (κ3) is 2.85. The Bertz CT molecular complexity index is 368. The average molecular weight is 271 g/mol. The normalized spacial score (nSPS) is 24.5. The van der Waals surface area contributed by atoms with Crippen LogP contribution in [0.1, 0.15) is 53.9 Å². The second-order valence-corrected chi connectivity index (χ2v) is 6.19. The fourth-order valence-electron chi connectivity index (χ4n) is 2.74. The lowest BCUT2D eigenvalue weighted by molar-refractivity contribution is -0.145. The van der Waals surface area contributed by atoms with Gasteiger partial charge in [0.15, 0.2) is 0 Å². The SMILES string of the molecule is CCC1(CC)C[C@@]1(NC(=O)OC(C)(C)C)C(=O)OC. The van der Waals surface area contributed by atoms with Crippen molar-refractivity contribution in [1.82, 2.24) is 5.32 Å².